The highest BCUT2D eigenvalue weighted by molar-refractivity contribution is 6.30. The molecule has 0 aliphatic carbocycles. The lowest BCUT2D eigenvalue weighted by molar-refractivity contribution is 0.513. The Labute approximate surface area is 124 Å². The number of hydrogen-bond acceptors (Lipinski definition) is 1. The van der Waals surface area contributed by atoms with Crippen LogP contribution in [0.3, 0.4) is 0 Å². The zero-order valence-corrected chi connectivity index (χ0v) is 12.3. The van der Waals surface area contributed by atoms with Crippen LogP contribution in [-0.2, 0) is 6.42 Å². The molecule has 0 aliphatic heterocycles. The summed E-state index contributed by atoms with van der Waals surface area (Å²) in [7, 11) is 0. The molecule has 0 saturated heterocycles. The van der Waals surface area contributed by atoms with Crippen molar-refractivity contribution in [3.05, 3.63) is 70.5 Å². The summed E-state index contributed by atoms with van der Waals surface area (Å²) in [5.74, 6) is -0.312. The van der Waals surface area contributed by atoms with E-state index in [2.05, 4.69) is 24.4 Å². The fourth-order valence-corrected chi connectivity index (χ4v) is 2.43. The first kappa shape index (κ1) is 15.0. The molecule has 106 valence electrons. The third-order valence-corrected chi connectivity index (χ3v) is 3.59. The van der Waals surface area contributed by atoms with Crippen LogP contribution in [-0.4, -0.2) is 6.54 Å². The molecule has 0 fully saturated rings. The topological polar surface area (TPSA) is 12.0 Å². The molecule has 2 aromatic rings. The van der Waals surface area contributed by atoms with Crippen LogP contribution >= 0.6 is 11.6 Å². The molecule has 0 aliphatic rings. The lowest BCUT2D eigenvalue weighted by Crippen LogP contribution is -2.24. The van der Waals surface area contributed by atoms with Gasteiger partial charge < -0.3 is 5.32 Å². The van der Waals surface area contributed by atoms with E-state index >= 15 is 0 Å². The largest absolute Gasteiger partial charge is 0.310 e. The molecule has 0 aromatic heterocycles. The van der Waals surface area contributed by atoms with E-state index in [1.807, 2.05) is 18.2 Å². The first-order valence-corrected chi connectivity index (χ1v) is 7.31. The van der Waals surface area contributed by atoms with E-state index in [4.69, 9.17) is 11.6 Å². The van der Waals surface area contributed by atoms with Gasteiger partial charge in [0.05, 0.1) is 5.02 Å². The van der Waals surface area contributed by atoms with Crippen molar-refractivity contribution in [2.75, 3.05) is 6.54 Å². The highest BCUT2D eigenvalue weighted by Gasteiger charge is 2.15. The van der Waals surface area contributed by atoms with Crippen molar-refractivity contribution in [3.8, 4) is 0 Å². The summed E-state index contributed by atoms with van der Waals surface area (Å²) < 4.78 is 14.0. The van der Waals surface area contributed by atoms with Gasteiger partial charge >= 0.3 is 0 Å². The molecule has 0 bridgehead atoms. The maximum absolute atomic E-state index is 14.0. The lowest BCUT2D eigenvalue weighted by atomic mass is 9.98. The van der Waals surface area contributed by atoms with Crippen LogP contribution in [0.2, 0.25) is 5.02 Å². The van der Waals surface area contributed by atoms with E-state index in [-0.39, 0.29) is 16.9 Å². The third kappa shape index (κ3) is 3.81. The normalized spacial score (nSPS) is 12.3. The minimum absolute atomic E-state index is 0.101. The highest BCUT2D eigenvalue weighted by Crippen LogP contribution is 2.24. The number of benzene rings is 2. The van der Waals surface area contributed by atoms with E-state index in [1.165, 1.54) is 5.56 Å². The van der Waals surface area contributed by atoms with Gasteiger partial charge in [-0.1, -0.05) is 61.0 Å². The molecular formula is C17H19ClFN. The summed E-state index contributed by atoms with van der Waals surface area (Å²) in [5, 5.41) is 3.66. The van der Waals surface area contributed by atoms with Gasteiger partial charge in [0, 0.05) is 6.04 Å². The standard InChI is InChI=1S/C17H19ClFN/c1-2-11-20-16(13-7-4-3-5-8-13)12-14-9-6-10-15(18)17(14)19/h3-10,16,20H,2,11-12H2,1H3. The first-order chi connectivity index (χ1) is 9.72. The molecule has 0 spiro atoms. The lowest BCUT2D eigenvalue weighted by Gasteiger charge is -2.19. The Morgan fingerprint density at radius 2 is 1.85 bits per heavy atom. The maximum atomic E-state index is 14.0. The zero-order chi connectivity index (χ0) is 14.4. The maximum Gasteiger partial charge on any atom is 0.145 e. The van der Waals surface area contributed by atoms with Crippen LogP contribution in [0.15, 0.2) is 48.5 Å². The van der Waals surface area contributed by atoms with Crippen molar-refractivity contribution in [2.45, 2.75) is 25.8 Å². The number of hydrogen-bond donors (Lipinski definition) is 1. The molecule has 0 radical (unpaired) electrons. The Hall–Kier alpha value is -1.38. The van der Waals surface area contributed by atoms with Gasteiger partial charge in [0.2, 0.25) is 0 Å². The second-order valence-electron chi connectivity index (χ2n) is 4.83. The smallest absolute Gasteiger partial charge is 0.145 e. The summed E-state index contributed by atoms with van der Waals surface area (Å²) in [4.78, 5) is 0. The molecule has 0 heterocycles. The molecule has 0 saturated carbocycles. The predicted molar refractivity (Wildman–Crippen MR) is 82.6 cm³/mol. The van der Waals surface area contributed by atoms with Crippen LogP contribution in [0.25, 0.3) is 0 Å². The number of nitrogens with one attached hydrogen (secondary N) is 1. The molecule has 1 unspecified atom stereocenters. The average molecular weight is 292 g/mol. The Bertz CT molecular complexity index is 542. The van der Waals surface area contributed by atoms with E-state index in [0.717, 1.165) is 13.0 Å². The van der Waals surface area contributed by atoms with Crippen molar-refractivity contribution >= 4 is 11.6 Å². The van der Waals surface area contributed by atoms with Crippen molar-refractivity contribution < 1.29 is 4.39 Å². The van der Waals surface area contributed by atoms with Gasteiger partial charge in [-0.05, 0) is 36.6 Å². The predicted octanol–water partition coefficient (Wildman–Crippen LogP) is 4.76. The quantitative estimate of drug-likeness (QED) is 0.809. The van der Waals surface area contributed by atoms with Gasteiger partial charge in [-0.25, -0.2) is 4.39 Å². The first-order valence-electron chi connectivity index (χ1n) is 6.93. The van der Waals surface area contributed by atoms with Crippen LogP contribution in [0.4, 0.5) is 4.39 Å². The van der Waals surface area contributed by atoms with Gasteiger partial charge in [-0.15, -0.1) is 0 Å². The van der Waals surface area contributed by atoms with Crippen LogP contribution in [0, 0.1) is 5.82 Å². The van der Waals surface area contributed by atoms with Crippen LogP contribution in [0.5, 0.6) is 0 Å². The molecule has 2 rings (SSSR count). The van der Waals surface area contributed by atoms with E-state index in [9.17, 15) is 4.39 Å². The molecule has 20 heavy (non-hydrogen) atoms. The summed E-state index contributed by atoms with van der Waals surface area (Å²) in [6.07, 6.45) is 1.64. The van der Waals surface area contributed by atoms with Crippen molar-refractivity contribution in [3.63, 3.8) is 0 Å². The molecule has 1 atom stereocenters. The van der Waals surface area contributed by atoms with Gasteiger partial charge in [0.1, 0.15) is 5.82 Å². The van der Waals surface area contributed by atoms with Gasteiger partial charge in [-0.3, -0.25) is 0 Å². The Kier molecular flexibility index (Phi) is 5.57. The molecule has 1 nitrogen and oxygen atoms in total. The SMILES string of the molecule is CCCNC(Cc1cccc(Cl)c1F)c1ccccc1. The van der Waals surface area contributed by atoms with Crippen LogP contribution < -0.4 is 5.32 Å². The Morgan fingerprint density at radius 3 is 2.55 bits per heavy atom. The second-order valence-corrected chi connectivity index (χ2v) is 5.24. The molecule has 2 aromatic carbocycles. The van der Waals surface area contributed by atoms with E-state index in [1.54, 1.807) is 18.2 Å². The van der Waals surface area contributed by atoms with Gasteiger partial charge in [0.15, 0.2) is 0 Å². The van der Waals surface area contributed by atoms with E-state index < -0.39 is 0 Å². The number of halogens is 2. The molecular weight excluding hydrogens is 273 g/mol. The van der Waals surface area contributed by atoms with Crippen molar-refractivity contribution in [2.24, 2.45) is 0 Å². The minimum atomic E-state index is -0.312. The molecule has 0 amide bonds. The zero-order valence-electron chi connectivity index (χ0n) is 11.6. The third-order valence-electron chi connectivity index (χ3n) is 3.30. The van der Waals surface area contributed by atoms with Crippen molar-refractivity contribution in [1.82, 2.24) is 5.32 Å². The number of rotatable bonds is 6. The summed E-state index contributed by atoms with van der Waals surface area (Å²) in [6.45, 7) is 3.02. The van der Waals surface area contributed by atoms with Crippen molar-refractivity contribution in [1.29, 1.82) is 0 Å². The molecule has 1 N–H and O–H groups in total. The monoisotopic (exact) mass is 291 g/mol. The summed E-state index contributed by atoms with van der Waals surface area (Å²) >= 11 is 5.85. The van der Waals surface area contributed by atoms with Gasteiger partial charge in [-0.2, -0.15) is 0 Å². The van der Waals surface area contributed by atoms with Gasteiger partial charge in [0.25, 0.3) is 0 Å². The summed E-state index contributed by atoms with van der Waals surface area (Å²) in [5.41, 5.74) is 1.82. The van der Waals surface area contributed by atoms with Crippen LogP contribution in [0.1, 0.15) is 30.5 Å². The molecule has 3 heteroatoms. The minimum Gasteiger partial charge on any atom is -0.310 e. The highest BCUT2D eigenvalue weighted by atomic mass is 35.5. The van der Waals surface area contributed by atoms with E-state index in [0.29, 0.717) is 12.0 Å². The Balaban J connectivity index is 2.21. The second kappa shape index (κ2) is 7.41. The fraction of sp³-hybridized carbons (Fsp3) is 0.294. The Morgan fingerprint density at radius 1 is 1.10 bits per heavy atom. The fourth-order valence-electron chi connectivity index (χ4n) is 2.24. The summed E-state index contributed by atoms with van der Waals surface area (Å²) in [6, 6.07) is 15.4. The average Bonchev–Trinajstić information content (AvgIpc) is 2.48.